The number of aliphatic hydroxyl groups excluding tert-OH is 1. The number of para-hydroxylation sites is 1. The quantitative estimate of drug-likeness (QED) is 0.246. The first-order valence-corrected chi connectivity index (χ1v) is 13.2. The highest BCUT2D eigenvalue weighted by Crippen LogP contribution is 2.22. The van der Waals surface area contributed by atoms with Gasteiger partial charge in [-0.25, -0.2) is 9.37 Å². The number of piperazine rings is 1. The van der Waals surface area contributed by atoms with Gasteiger partial charge in [-0.1, -0.05) is 30.3 Å². The number of likely N-dealkylation sites (N-methyl/N-ethyl adjacent to an activating group) is 1. The van der Waals surface area contributed by atoms with Crippen LogP contribution in [0.3, 0.4) is 0 Å². The smallest absolute Gasteiger partial charge is 0.255 e. The molecule has 1 fully saturated rings. The number of aromatic nitrogens is 2. The average Bonchev–Trinajstić information content (AvgIpc) is 2.97. The molecular weight excluding hydrogens is 509 g/mol. The Bertz CT molecular complexity index is 1410. The molecule has 1 saturated heterocycles. The second-order valence-corrected chi connectivity index (χ2v) is 9.76. The lowest BCUT2D eigenvalue weighted by Gasteiger charge is -2.35. The predicted octanol–water partition coefficient (Wildman–Crippen LogP) is 4.46. The van der Waals surface area contributed by atoms with E-state index in [0.717, 1.165) is 43.6 Å². The normalized spacial score (nSPS) is 14.9. The van der Waals surface area contributed by atoms with Crippen molar-refractivity contribution in [2.24, 2.45) is 0 Å². The van der Waals surface area contributed by atoms with Gasteiger partial charge in [-0.2, -0.15) is 4.98 Å². The highest BCUT2D eigenvalue weighted by molar-refractivity contribution is 6.04. The molecule has 0 bridgehead atoms. The van der Waals surface area contributed by atoms with Crippen molar-refractivity contribution in [2.75, 3.05) is 49.2 Å². The molecule has 1 amide bonds. The fraction of sp³-hybridized carbons (Fsp3) is 0.233. The second-order valence-electron chi connectivity index (χ2n) is 9.76. The van der Waals surface area contributed by atoms with E-state index in [1.807, 2.05) is 54.6 Å². The summed E-state index contributed by atoms with van der Waals surface area (Å²) in [7, 11) is 2.09. The number of halogens is 1. The van der Waals surface area contributed by atoms with Crippen LogP contribution in [0.2, 0.25) is 0 Å². The number of aliphatic hydroxyl groups is 1. The first-order chi connectivity index (χ1) is 19.4. The van der Waals surface area contributed by atoms with Gasteiger partial charge in [0.1, 0.15) is 6.23 Å². The maximum absolute atomic E-state index is 14.5. The van der Waals surface area contributed by atoms with E-state index in [-0.39, 0.29) is 17.7 Å². The zero-order chi connectivity index (χ0) is 27.9. The van der Waals surface area contributed by atoms with Crippen molar-refractivity contribution in [3.63, 3.8) is 0 Å². The summed E-state index contributed by atoms with van der Waals surface area (Å²) in [5.41, 5.74) is 3.50. The summed E-state index contributed by atoms with van der Waals surface area (Å²) < 4.78 is 14.5. The van der Waals surface area contributed by atoms with E-state index in [1.165, 1.54) is 0 Å². The standard InChI is InChI=1S/C30H32FN7O2/c1-37-15-17-38(18-16-37)27(39)19-21-7-11-25(12-8-21)35-30-32-20-26(31)28(36-30)33-24-13-9-22(10-14-24)29(40)34-23-5-3-2-4-6-23/h2-14,20,27,39H,15-19H2,1H3,(H,34,40)(H2,32,33,35,36). The van der Waals surface area contributed by atoms with E-state index in [0.29, 0.717) is 23.4 Å². The van der Waals surface area contributed by atoms with Gasteiger partial charge >= 0.3 is 0 Å². The van der Waals surface area contributed by atoms with E-state index in [1.54, 1.807) is 24.3 Å². The van der Waals surface area contributed by atoms with E-state index >= 15 is 0 Å². The van der Waals surface area contributed by atoms with Gasteiger partial charge in [0.25, 0.3) is 5.91 Å². The summed E-state index contributed by atoms with van der Waals surface area (Å²) in [6.07, 6.45) is 1.12. The Morgan fingerprint density at radius 1 is 0.900 bits per heavy atom. The number of rotatable bonds is 9. The van der Waals surface area contributed by atoms with Crippen molar-refractivity contribution >= 4 is 34.7 Å². The fourth-order valence-electron chi connectivity index (χ4n) is 4.39. The molecule has 0 aliphatic carbocycles. The van der Waals surface area contributed by atoms with Crippen LogP contribution in [0, 0.1) is 5.82 Å². The number of anilines is 5. The van der Waals surface area contributed by atoms with Gasteiger partial charge in [-0.15, -0.1) is 0 Å². The zero-order valence-corrected chi connectivity index (χ0v) is 22.2. The molecule has 3 aromatic carbocycles. The number of carbonyl (C=O) groups excluding carboxylic acids is 1. The maximum atomic E-state index is 14.5. The number of nitrogens with zero attached hydrogens (tertiary/aromatic N) is 4. The molecular formula is C30H32FN7O2. The molecule has 10 heteroatoms. The summed E-state index contributed by atoms with van der Waals surface area (Å²) >= 11 is 0. The van der Waals surface area contributed by atoms with Crippen molar-refractivity contribution in [1.29, 1.82) is 0 Å². The molecule has 40 heavy (non-hydrogen) atoms. The Kier molecular flexibility index (Phi) is 8.60. The van der Waals surface area contributed by atoms with Crippen LogP contribution in [0.15, 0.2) is 85.1 Å². The Morgan fingerprint density at radius 3 is 2.25 bits per heavy atom. The van der Waals surface area contributed by atoms with E-state index in [4.69, 9.17) is 0 Å². The first kappa shape index (κ1) is 27.2. The van der Waals surface area contributed by atoms with Crippen LogP contribution in [0.1, 0.15) is 15.9 Å². The van der Waals surface area contributed by atoms with Crippen molar-refractivity contribution in [2.45, 2.75) is 12.6 Å². The van der Waals surface area contributed by atoms with E-state index < -0.39 is 12.0 Å². The molecule has 206 valence electrons. The van der Waals surface area contributed by atoms with Crippen LogP contribution in [0.5, 0.6) is 0 Å². The monoisotopic (exact) mass is 541 g/mol. The lowest BCUT2D eigenvalue weighted by molar-refractivity contribution is -0.0203. The number of amides is 1. The van der Waals surface area contributed by atoms with Gasteiger partial charge in [-0.3, -0.25) is 9.69 Å². The minimum absolute atomic E-state index is 0.00547. The van der Waals surface area contributed by atoms with E-state index in [2.05, 4.69) is 42.8 Å². The van der Waals surface area contributed by atoms with Crippen molar-refractivity contribution in [3.05, 3.63) is 102 Å². The Balaban J connectivity index is 1.17. The molecule has 4 N–H and O–H groups in total. The maximum Gasteiger partial charge on any atom is 0.255 e. The van der Waals surface area contributed by atoms with Crippen molar-refractivity contribution in [1.82, 2.24) is 19.8 Å². The van der Waals surface area contributed by atoms with Crippen LogP contribution in [-0.2, 0) is 6.42 Å². The third kappa shape index (κ3) is 7.17. The van der Waals surface area contributed by atoms with Gasteiger partial charge in [0, 0.05) is 55.2 Å². The lowest BCUT2D eigenvalue weighted by Crippen LogP contribution is -2.49. The molecule has 1 aliphatic heterocycles. The van der Waals surface area contributed by atoms with Gasteiger partial charge in [0.2, 0.25) is 5.95 Å². The molecule has 0 radical (unpaired) electrons. The molecule has 5 rings (SSSR count). The summed E-state index contributed by atoms with van der Waals surface area (Å²) in [5.74, 6) is -0.610. The molecule has 0 saturated carbocycles. The van der Waals surface area contributed by atoms with Crippen LogP contribution in [0.4, 0.5) is 33.2 Å². The van der Waals surface area contributed by atoms with Crippen LogP contribution >= 0.6 is 0 Å². The number of carbonyl (C=O) groups is 1. The van der Waals surface area contributed by atoms with Crippen molar-refractivity contribution in [3.8, 4) is 0 Å². The van der Waals surface area contributed by atoms with E-state index in [9.17, 15) is 14.3 Å². The summed E-state index contributed by atoms with van der Waals surface area (Å²) in [5, 5.41) is 19.5. The highest BCUT2D eigenvalue weighted by atomic mass is 19.1. The molecule has 1 atom stereocenters. The van der Waals surface area contributed by atoms with Crippen molar-refractivity contribution < 1.29 is 14.3 Å². The summed E-state index contributed by atoms with van der Waals surface area (Å²) in [6, 6.07) is 23.5. The first-order valence-electron chi connectivity index (χ1n) is 13.2. The topological polar surface area (TPSA) is 106 Å². The predicted molar refractivity (Wildman–Crippen MR) is 155 cm³/mol. The third-order valence-corrected chi connectivity index (χ3v) is 6.77. The molecule has 1 unspecified atom stereocenters. The largest absolute Gasteiger partial charge is 0.378 e. The molecule has 4 aromatic rings. The lowest BCUT2D eigenvalue weighted by atomic mass is 10.1. The van der Waals surface area contributed by atoms with Gasteiger partial charge in [-0.05, 0) is 61.1 Å². The molecule has 2 heterocycles. The van der Waals surface area contributed by atoms with Crippen LogP contribution < -0.4 is 16.0 Å². The molecule has 1 aromatic heterocycles. The van der Waals surface area contributed by atoms with Gasteiger partial charge < -0.3 is 26.0 Å². The molecule has 0 spiro atoms. The molecule has 1 aliphatic rings. The number of hydrogen-bond acceptors (Lipinski definition) is 8. The number of benzene rings is 3. The van der Waals surface area contributed by atoms with Crippen LogP contribution in [-0.4, -0.2) is 70.2 Å². The summed E-state index contributed by atoms with van der Waals surface area (Å²) in [4.78, 5) is 25.2. The second kappa shape index (κ2) is 12.6. The number of hydrogen-bond donors (Lipinski definition) is 4. The fourth-order valence-corrected chi connectivity index (χ4v) is 4.39. The minimum Gasteiger partial charge on any atom is -0.378 e. The Hall–Kier alpha value is -4.38. The Labute approximate surface area is 232 Å². The van der Waals surface area contributed by atoms with Crippen LogP contribution in [0.25, 0.3) is 0 Å². The Morgan fingerprint density at radius 2 is 1.55 bits per heavy atom. The third-order valence-electron chi connectivity index (χ3n) is 6.77. The molecule has 9 nitrogen and oxygen atoms in total. The van der Waals surface area contributed by atoms with Gasteiger partial charge in [0.05, 0.1) is 6.20 Å². The minimum atomic E-state index is -0.607. The number of nitrogens with one attached hydrogen (secondary N) is 3. The average molecular weight is 542 g/mol. The zero-order valence-electron chi connectivity index (χ0n) is 22.2. The highest BCUT2D eigenvalue weighted by Gasteiger charge is 2.20. The summed E-state index contributed by atoms with van der Waals surface area (Å²) in [6.45, 7) is 3.60. The SMILES string of the molecule is CN1CCN(C(O)Cc2ccc(Nc3ncc(F)c(Nc4ccc(C(=O)Nc5ccccc5)cc4)n3)cc2)CC1. The van der Waals surface area contributed by atoms with Gasteiger partial charge in [0.15, 0.2) is 11.6 Å².